The third kappa shape index (κ3) is 1.40. The number of pyridine rings is 1. The van der Waals surface area contributed by atoms with Gasteiger partial charge in [-0.25, -0.2) is 9.78 Å². The second kappa shape index (κ2) is 3.14. The van der Waals surface area contributed by atoms with Crippen molar-refractivity contribution in [1.29, 1.82) is 0 Å². The number of rotatable bonds is 2. The van der Waals surface area contributed by atoms with Crippen molar-refractivity contribution in [3.63, 3.8) is 0 Å². The Kier molecular flexibility index (Phi) is 1.98. The van der Waals surface area contributed by atoms with Crippen LogP contribution >= 0.6 is 0 Å². The fourth-order valence-electron chi connectivity index (χ4n) is 1.43. The minimum absolute atomic E-state index is 0.166. The highest BCUT2D eigenvalue weighted by Crippen LogP contribution is 2.24. The zero-order valence-electron chi connectivity index (χ0n) is 7.03. The van der Waals surface area contributed by atoms with Crippen molar-refractivity contribution in [2.75, 3.05) is 6.54 Å². The number of nitrogens with zero attached hydrogens (tertiary/aromatic N) is 1. The molecule has 0 radical (unpaired) electrons. The highest BCUT2D eigenvalue weighted by molar-refractivity contribution is 5.87. The van der Waals surface area contributed by atoms with Crippen LogP contribution in [0.25, 0.3) is 0 Å². The van der Waals surface area contributed by atoms with Crippen molar-refractivity contribution < 1.29 is 9.90 Å². The maximum Gasteiger partial charge on any atom is 0.354 e. The largest absolute Gasteiger partial charge is 0.477 e. The molecule has 0 aliphatic carbocycles. The molecule has 4 heteroatoms. The Labute approximate surface area is 75.6 Å². The van der Waals surface area contributed by atoms with Crippen molar-refractivity contribution in [2.45, 2.75) is 12.5 Å². The van der Waals surface area contributed by atoms with Crippen LogP contribution in [0, 0.1) is 0 Å². The van der Waals surface area contributed by atoms with Gasteiger partial charge in [-0.05, 0) is 19.0 Å². The van der Waals surface area contributed by atoms with Gasteiger partial charge in [0.05, 0.1) is 0 Å². The SMILES string of the molecule is O=C(O)c1ncccc1[C@@H]1CCN1. The molecule has 2 rings (SSSR count). The molecule has 1 saturated heterocycles. The number of carbonyl (C=O) groups is 1. The van der Waals surface area contributed by atoms with Crippen molar-refractivity contribution >= 4 is 5.97 Å². The molecule has 1 atom stereocenters. The Hall–Kier alpha value is -1.42. The van der Waals surface area contributed by atoms with Crippen LogP contribution in [0.15, 0.2) is 18.3 Å². The van der Waals surface area contributed by atoms with E-state index >= 15 is 0 Å². The van der Waals surface area contributed by atoms with E-state index in [0.29, 0.717) is 0 Å². The van der Waals surface area contributed by atoms with E-state index in [0.717, 1.165) is 18.5 Å². The van der Waals surface area contributed by atoms with Gasteiger partial charge in [0, 0.05) is 17.8 Å². The molecule has 0 saturated carbocycles. The van der Waals surface area contributed by atoms with Gasteiger partial charge in [-0.1, -0.05) is 6.07 Å². The van der Waals surface area contributed by atoms with Gasteiger partial charge < -0.3 is 10.4 Å². The molecule has 0 amide bonds. The van der Waals surface area contributed by atoms with Crippen LogP contribution in [0.1, 0.15) is 28.5 Å². The first-order valence-electron chi connectivity index (χ1n) is 4.20. The van der Waals surface area contributed by atoms with E-state index in [1.54, 1.807) is 6.07 Å². The van der Waals surface area contributed by atoms with Crippen LogP contribution < -0.4 is 5.32 Å². The number of aromatic carboxylic acids is 1. The van der Waals surface area contributed by atoms with Gasteiger partial charge >= 0.3 is 5.97 Å². The van der Waals surface area contributed by atoms with Crippen LogP contribution in [0.3, 0.4) is 0 Å². The second-order valence-electron chi connectivity index (χ2n) is 3.04. The number of carboxylic acid groups (broad SMARTS) is 1. The minimum atomic E-state index is -0.954. The monoisotopic (exact) mass is 178 g/mol. The highest BCUT2D eigenvalue weighted by atomic mass is 16.4. The van der Waals surface area contributed by atoms with Crippen LogP contribution in [0.5, 0.6) is 0 Å². The van der Waals surface area contributed by atoms with Gasteiger partial charge in [0.2, 0.25) is 0 Å². The molecule has 1 aliphatic heterocycles. The summed E-state index contributed by atoms with van der Waals surface area (Å²) < 4.78 is 0. The van der Waals surface area contributed by atoms with Gasteiger partial charge in [-0.3, -0.25) is 0 Å². The molecule has 13 heavy (non-hydrogen) atoms. The highest BCUT2D eigenvalue weighted by Gasteiger charge is 2.24. The first kappa shape index (κ1) is 8.19. The lowest BCUT2D eigenvalue weighted by Gasteiger charge is -2.28. The van der Waals surface area contributed by atoms with E-state index in [2.05, 4.69) is 10.3 Å². The Bertz CT molecular complexity index is 334. The number of aromatic nitrogens is 1. The van der Waals surface area contributed by atoms with Crippen LogP contribution in [0.2, 0.25) is 0 Å². The summed E-state index contributed by atoms with van der Waals surface area (Å²) in [6.07, 6.45) is 2.50. The van der Waals surface area contributed by atoms with E-state index in [-0.39, 0.29) is 11.7 Å². The third-order valence-corrected chi connectivity index (χ3v) is 2.24. The predicted molar refractivity (Wildman–Crippen MR) is 46.6 cm³/mol. The van der Waals surface area contributed by atoms with E-state index in [9.17, 15) is 4.79 Å². The summed E-state index contributed by atoms with van der Waals surface area (Å²) in [7, 11) is 0. The number of carboxylic acids is 1. The quantitative estimate of drug-likeness (QED) is 0.703. The fourth-order valence-corrected chi connectivity index (χ4v) is 1.43. The summed E-state index contributed by atoms with van der Waals surface area (Å²) in [6, 6.07) is 3.76. The first-order chi connectivity index (χ1) is 6.29. The van der Waals surface area contributed by atoms with E-state index in [1.165, 1.54) is 6.20 Å². The Morgan fingerprint density at radius 1 is 1.69 bits per heavy atom. The normalized spacial score (nSPS) is 20.8. The molecule has 0 spiro atoms. The van der Waals surface area contributed by atoms with E-state index < -0.39 is 5.97 Å². The second-order valence-corrected chi connectivity index (χ2v) is 3.04. The molecule has 1 aromatic heterocycles. The Balaban J connectivity index is 2.36. The zero-order chi connectivity index (χ0) is 9.26. The van der Waals surface area contributed by atoms with Crippen molar-refractivity contribution in [3.8, 4) is 0 Å². The van der Waals surface area contributed by atoms with Crippen LogP contribution in [-0.2, 0) is 0 Å². The average molecular weight is 178 g/mol. The maximum absolute atomic E-state index is 10.8. The average Bonchev–Trinajstić information content (AvgIpc) is 2.02. The molecule has 0 bridgehead atoms. The van der Waals surface area contributed by atoms with Gasteiger partial charge in [0.25, 0.3) is 0 Å². The molecule has 4 nitrogen and oxygen atoms in total. The summed E-state index contributed by atoms with van der Waals surface area (Å²) in [5.74, 6) is -0.954. The van der Waals surface area contributed by atoms with E-state index in [4.69, 9.17) is 5.11 Å². The number of hydrogen-bond donors (Lipinski definition) is 2. The first-order valence-corrected chi connectivity index (χ1v) is 4.20. The van der Waals surface area contributed by atoms with E-state index in [1.807, 2.05) is 6.07 Å². The van der Waals surface area contributed by atoms with Crippen molar-refractivity contribution in [3.05, 3.63) is 29.6 Å². The smallest absolute Gasteiger partial charge is 0.354 e. The Morgan fingerprint density at radius 2 is 2.46 bits per heavy atom. The van der Waals surface area contributed by atoms with Crippen molar-refractivity contribution in [2.24, 2.45) is 0 Å². The summed E-state index contributed by atoms with van der Waals surface area (Å²) in [4.78, 5) is 14.6. The summed E-state index contributed by atoms with van der Waals surface area (Å²) in [5.41, 5.74) is 0.959. The molecule has 1 aliphatic rings. The number of hydrogen-bond acceptors (Lipinski definition) is 3. The summed E-state index contributed by atoms with van der Waals surface area (Å²) >= 11 is 0. The van der Waals surface area contributed by atoms with Gasteiger partial charge in [0.1, 0.15) is 0 Å². The fraction of sp³-hybridized carbons (Fsp3) is 0.333. The minimum Gasteiger partial charge on any atom is -0.477 e. The van der Waals surface area contributed by atoms with Gasteiger partial charge in [0.15, 0.2) is 5.69 Å². The lowest BCUT2D eigenvalue weighted by Crippen LogP contribution is -2.36. The van der Waals surface area contributed by atoms with Crippen molar-refractivity contribution in [1.82, 2.24) is 10.3 Å². The molecule has 2 heterocycles. The topological polar surface area (TPSA) is 62.2 Å². The standard InChI is InChI=1S/C9H10N2O2/c12-9(13)8-6(2-1-4-11-8)7-3-5-10-7/h1-2,4,7,10H,3,5H2,(H,12,13)/t7-/m0/s1. The lowest BCUT2D eigenvalue weighted by molar-refractivity contribution is 0.0687. The molecular formula is C9H10N2O2. The predicted octanol–water partition coefficient (Wildman–Crippen LogP) is 0.814. The van der Waals surface area contributed by atoms with Gasteiger partial charge in [-0.2, -0.15) is 0 Å². The molecule has 68 valence electrons. The molecule has 1 fully saturated rings. The molecule has 0 unspecified atom stereocenters. The number of nitrogens with one attached hydrogen (secondary N) is 1. The molecule has 2 N–H and O–H groups in total. The molecular weight excluding hydrogens is 168 g/mol. The third-order valence-electron chi connectivity index (χ3n) is 2.24. The lowest BCUT2D eigenvalue weighted by atomic mass is 9.97. The zero-order valence-corrected chi connectivity index (χ0v) is 7.03. The summed E-state index contributed by atoms with van der Waals surface area (Å²) in [6.45, 7) is 0.957. The maximum atomic E-state index is 10.8. The Morgan fingerprint density at radius 3 is 3.00 bits per heavy atom. The molecule has 1 aromatic rings. The summed E-state index contributed by atoms with van der Waals surface area (Å²) in [5, 5.41) is 12.0. The van der Waals surface area contributed by atoms with Crippen LogP contribution in [-0.4, -0.2) is 22.6 Å². The molecule has 0 aromatic carbocycles. The van der Waals surface area contributed by atoms with Crippen LogP contribution in [0.4, 0.5) is 0 Å². The van der Waals surface area contributed by atoms with Gasteiger partial charge in [-0.15, -0.1) is 0 Å².